The summed E-state index contributed by atoms with van der Waals surface area (Å²) in [5.74, 6) is 1.21. The van der Waals surface area contributed by atoms with Gasteiger partial charge in [0.1, 0.15) is 18.0 Å². The van der Waals surface area contributed by atoms with Gasteiger partial charge >= 0.3 is 0 Å². The Morgan fingerprint density at radius 2 is 2.50 bits per heavy atom. The van der Waals surface area contributed by atoms with E-state index < -0.39 is 0 Å². The number of rotatable bonds is 3. The molecule has 1 atom stereocenters. The Kier molecular flexibility index (Phi) is 3.53. The zero-order valence-corrected chi connectivity index (χ0v) is 9.39. The minimum Gasteiger partial charge on any atom is -0.384 e. The predicted molar refractivity (Wildman–Crippen MR) is 62.2 cm³/mol. The van der Waals surface area contributed by atoms with Gasteiger partial charge in [-0.1, -0.05) is 0 Å². The van der Waals surface area contributed by atoms with Gasteiger partial charge in [-0.3, -0.25) is 0 Å². The summed E-state index contributed by atoms with van der Waals surface area (Å²) in [5.41, 5.74) is 5.56. The number of ether oxygens (including phenoxy) is 1. The number of hydrogen-bond donors (Lipinski definition) is 2. The molecule has 6 nitrogen and oxygen atoms in total. The van der Waals surface area contributed by atoms with Crippen LogP contribution in [0.1, 0.15) is 0 Å². The van der Waals surface area contributed by atoms with E-state index in [1.807, 2.05) is 0 Å². The minimum absolute atomic E-state index is 0.204. The number of nitrogen functional groups attached to an aromatic ring is 1. The summed E-state index contributed by atoms with van der Waals surface area (Å²) in [5, 5.41) is 3.19. The van der Waals surface area contributed by atoms with E-state index in [0.717, 1.165) is 32.1 Å². The van der Waals surface area contributed by atoms with Gasteiger partial charge in [0.15, 0.2) is 0 Å². The predicted octanol–water partition coefficient (Wildman–Crippen LogP) is -0.199. The smallest absolute Gasteiger partial charge is 0.131 e. The summed E-state index contributed by atoms with van der Waals surface area (Å²) in [6, 6.07) is 1.71. The van der Waals surface area contributed by atoms with Crippen LogP contribution in [0.15, 0.2) is 12.4 Å². The Labute approximate surface area is 94.8 Å². The zero-order valence-electron chi connectivity index (χ0n) is 9.39. The molecule has 2 rings (SSSR count). The van der Waals surface area contributed by atoms with Crippen molar-refractivity contribution in [2.75, 3.05) is 44.3 Å². The lowest BCUT2D eigenvalue weighted by Crippen LogP contribution is -2.43. The molecule has 2 heterocycles. The number of aromatic nitrogens is 2. The number of nitrogens with two attached hydrogens (primary N) is 1. The van der Waals surface area contributed by atoms with E-state index in [4.69, 9.17) is 10.5 Å². The fourth-order valence-corrected chi connectivity index (χ4v) is 1.68. The van der Waals surface area contributed by atoms with Crippen molar-refractivity contribution >= 4 is 11.6 Å². The fourth-order valence-electron chi connectivity index (χ4n) is 1.68. The Bertz CT molecular complexity index is 346. The molecule has 0 aliphatic carbocycles. The van der Waals surface area contributed by atoms with Crippen LogP contribution in [-0.4, -0.2) is 54.3 Å². The molecule has 0 radical (unpaired) electrons. The van der Waals surface area contributed by atoms with E-state index in [9.17, 15) is 0 Å². The topological polar surface area (TPSA) is 76.3 Å². The van der Waals surface area contributed by atoms with Crippen LogP contribution >= 0.6 is 0 Å². The van der Waals surface area contributed by atoms with Gasteiger partial charge in [-0.25, -0.2) is 9.97 Å². The quantitative estimate of drug-likeness (QED) is 0.739. The van der Waals surface area contributed by atoms with E-state index in [0.29, 0.717) is 5.82 Å². The molecule has 0 saturated carbocycles. The second-order valence-corrected chi connectivity index (χ2v) is 3.96. The van der Waals surface area contributed by atoms with Crippen LogP contribution in [0.25, 0.3) is 0 Å². The van der Waals surface area contributed by atoms with Gasteiger partial charge in [-0.15, -0.1) is 0 Å². The summed E-state index contributed by atoms with van der Waals surface area (Å²) in [7, 11) is 2.10. The molecule has 1 unspecified atom stereocenters. The lowest BCUT2D eigenvalue weighted by molar-refractivity contribution is -0.0117. The Morgan fingerprint density at radius 3 is 3.25 bits per heavy atom. The van der Waals surface area contributed by atoms with Gasteiger partial charge in [0, 0.05) is 25.7 Å². The van der Waals surface area contributed by atoms with Gasteiger partial charge in [-0.05, 0) is 7.05 Å². The second kappa shape index (κ2) is 5.09. The monoisotopic (exact) mass is 223 g/mol. The highest BCUT2D eigenvalue weighted by atomic mass is 16.5. The lowest BCUT2D eigenvalue weighted by atomic mass is 10.3. The maximum Gasteiger partial charge on any atom is 0.131 e. The van der Waals surface area contributed by atoms with Gasteiger partial charge in [-0.2, -0.15) is 0 Å². The van der Waals surface area contributed by atoms with E-state index in [2.05, 4.69) is 27.2 Å². The van der Waals surface area contributed by atoms with Crippen molar-refractivity contribution in [1.29, 1.82) is 0 Å². The summed E-state index contributed by atoms with van der Waals surface area (Å²) in [4.78, 5) is 10.2. The van der Waals surface area contributed by atoms with Crippen LogP contribution in [0.4, 0.5) is 11.6 Å². The second-order valence-electron chi connectivity index (χ2n) is 3.96. The highest BCUT2D eigenvalue weighted by molar-refractivity contribution is 5.43. The molecule has 3 N–H and O–H groups in total. The number of morpholine rings is 1. The molecule has 16 heavy (non-hydrogen) atoms. The van der Waals surface area contributed by atoms with Crippen LogP contribution in [0, 0.1) is 0 Å². The Hall–Kier alpha value is -1.40. The van der Waals surface area contributed by atoms with Crippen LogP contribution in [0.2, 0.25) is 0 Å². The molecule has 0 spiro atoms. The third-order valence-electron chi connectivity index (χ3n) is 2.54. The molecule has 0 amide bonds. The van der Waals surface area contributed by atoms with E-state index in [-0.39, 0.29) is 6.10 Å². The van der Waals surface area contributed by atoms with Crippen molar-refractivity contribution in [2.24, 2.45) is 0 Å². The molecule has 0 aromatic carbocycles. The molecule has 88 valence electrons. The Morgan fingerprint density at radius 1 is 1.62 bits per heavy atom. The summed E-state index contributed by atoms with van der Waals surface area (Å²) in [6.45, 7) is 3.46. The molecule has 1 saturated heterocycles. The number of hydrogen-bond acceptors (Lipinski definition) is 6. The van der Waals surface area contributed by atoms with Gasteiger partial charge in [0.25, 0.3) is 0 Å². The molecule has 1 aliphatic rings. The first-order valence-corrected chi connectivity index (χ1v) is 5.35. The zero-order chi connectivity index (χ0) is 11.4. The van der Waals surface area contributed by atoms with E-state index in [1.54, 1.807) is 6.07 Å². The van der Waals surface area contributed by atoms with Crippen LogP contribution in [0.3, 0.4) is 0 Å². The van der Waals surface area contributed by atoms with Crippen molar-refractivity contribution in [1.82, 2.24) is 14.9 Å². The third-order valence-corrected chi connectivity index (χ3v) is 2.54. The van der Waals surface area contributed by atoms with Crippen LogP contribution in [-0.2, 0) is 4.74 Å². The summed E-state index contributed by atoms with van der Waals surface area (Å²) < 4.78 is 5.62. The molecule has 6 heteroatoms. The van der Waals surface area contributed by atoms with E-state index >= 15 is 0 Å². The third kappa shape index (κ3) is 3.04. The Balaban J connectivity index is 1.82. The molecule has 1 aromatic heterocycles. The normalized spacial score (nSPS) is 21.9. The van der Waals surface area contributed by atoms with Crippen molar-refractivity contribution in [3.05, 3.63) is 12.4 Å². The molecule has 1 aromatic rings. The first kappa shape index (κ1) is 11.1. The first-order valence-electron chi connectivity index (χ1n) is 5.35. The molecule has 0 bridgehead atoms. The largest absolute Gasteiger partial charge is 0.384 e. The van der Waals surface area contributed by atoms with Crippen molar-refractivity contribution in [3.8, 4) is 0 Å². The van der Waals surface area contributed by atoms with E-state index in [1.165, 1.54) is 6.33 Å². The van der Waals surface area contributed by atoms with Gasteiger partial charge < -0.3 is 20.7 Å². The summed E-state index contributed by atoms with van der Waals surface area (Å²) >= 11 is 0. The first-order chi connectivity index (χ1) is 7.74. The summed E-state index contributed by atoms with van der Waals surface area (Å²) in [6.07, 6.45) is 1.65. The van der Waals surface area contributed by atoms with Crippen molar-refractivity contribution in [3.63, 3.8) is 0 Å². The molecule has 1 fully saturated rings. The lowest BCUT2D eigenvalue weighted by Gasteiger charge is -2.30. The number of anilines is 2. The average molecular weight is 223 g/mol. The van der Waals surface area contributed by atoms with Crippen LogP contribution < -0.4 is 11.1 Å². The maximum atomic E-state index is 5.62. The van der Waals surface area contributed by atoms with Gasteiger partial charge in [0.05, 0.1) is 12.7 Å². The highest BCUT2D eigenvalue weighted by Gasteiger charge is 2.17. The van der Waals surface area contributed by atoms with Crippen molar-refractivity contribution < 1.29 is 4.74 Å². The number of nitrogens with zero attached hydrogens (tertiary/aromatic N) is 3. The average Bonchev–Trinajstić information content (AvgIpc) is 2.27. The number of nitrogens with one attached hydrogen (secondary N) is 1. The standard InChI is InChI=1S/C10H17N5O/c1-15-2-3-16-8(6-15)5-12-10-4-9(11)13-7-14-10/h4,7-8H,2-3,5-6H2,1H3,(H3,11,12,13,14). The molecular formula is C10H17N5O. The molecule has 1 aliphatic heterocycles. The SMILES string of the molecule is CN1CCOC(CNc2cc(N)ncn2)C1. The van der Waals surface area contributed by atoms with Crippen molar-refractivity contribution in [2.45, 2.75) is 6.10 Å². The maximum absolute atomic E-state index is 5.62. The highest BCUT2D eigenvalue weighted by Crippen LogP contribution is 2.07. The molecular weight excluding hydrogens is 206 g/mol. The minimum atomic E-state index is 0.204. The van der Waals surface area contributed by atoms with Crippen LogP contribution in [0.5, 0.6) is 0 Å². The number of likely N-dealkylation sites (N-methyl/N-ethyl adjacent to an activating group) is 1. The van der Waals surface area contributed by atoms with Gasteiger partial charge in [0.2, 0.25) is 0 Å². The fraction of sp³-hybridized carbons (Fsp3) is 0.600.